The number of aryl methyl sites for hydroxylation is 1. The number of hydrogen-bond donors (Lipinski definition) is 0. The SMILES string of the molecule is CCOC(=O)c1c(Br)c(CCN2CCOCC2)nn1C. The lowest BCUT2D eigenvalue weighted by molar-refractivity contribution is 0.0383. The number of morpholine rings is 1. The van der Waals surface area contributed by atoms with Crippen LogP contribution in [0.15, 0.2) is 4.47 Å². The van der Waals surface area contributed by atoms with E-state index in [1.807, 2.05) is 0 Å². The normalized spacial score (nSPS) is 16.4. The minimum atomic E-state index is -0.341. The Kier molecular flexibility index (Phi) is 5.56. The molecular formula is C13H20BrN3O3. The fraction of sp³-hybridized carbons (Fsp3) is 0.692. The second kappa shape index (κ2) is 7.19. The molecule has 0 aliphatic carbocycles. The van der Waals surface area contributed by atoms with Crippen LogP contribution in [0.1, 0.15) is 23.1 Å². The third-order valence-corrected chi connectivity index (χ3v) is 4.13. The van der Waals surface area contributed by atoms with Gasteiger partial charge in [0.25, 0.3) is 0 Å². The van der Waals surface area contributed by atoms with E-state index >= 15 is 0 Å². The van der Waals surface area contributed by atoms with Gasteiger partial charge >= 0.3 is 5.97 Å². The van der Waals surface area contributed by atoms with Gasteiger partial charge in [0.2, 0.25) is 0 Å². The molecule has 0 amide bonds. The highest BCUT2D eigenvalue weighted by Gasteiger charge is 2.21. The zero-order chi connectivity index (χ0) is 14.5. The van der Waals surface area contributed by atoms with Crippen molar-refractivity contribution in [2.45, 2.75) is 13.3 Å². The van der Waals surface area contributed by atoms with Crippen LogP contribution in [-0.2, 0) is 22.9 Å². The summed E-state index contributed by atoms with van der Waals surface area (Å²) in [5, 5.41) is 4.41. The number of hydrogen-bond acceptors (Lipinski definition) is 5. The number of halogens is 1. The average molecular weight is 346 g/mol. The van der Waals surface area contributed by atoms with Crippen LogP contribution in [0.2, 0.25) is 0 Å². The van der Waals surface area contributed by atoms with E-state index in [9.17, 15) is 4.79 Å². The molecule has 0 aromatic carbocycles. The Bertz CT molecular complexity index is 470. The lowest BCUT2D eigenvalue weighted by Gasteiger charge is -2.26. The molecule has 0 unspecified atom stereocenters. The molecule has 0 bridgehead atoms. The number of carbonyl (C=O) groups excluding carboxylic acids is 1. The highest BCUT2D eigenvalue weighted by atomic mass is 79.9. The van der Waals surface area contributed by atoms with Crippen LogP contribution in [0, 0.1) is 0 Å². The number of ether oxygens (including phenoxy) is 2. The van der Waals surface area contributed by atoms with Gasteiger partial charge in [-0.1, -0.05) is 0 Å². The molecule has 1 saturated heterocycles. The Labute approximate surface area is 127 Å². The molecule has 20 heavy (non-hydrogen) atoms. The topological polar surface area (TPSA) is 56.6 Å². The molecule has 2 heterocycles. The van der Waals surface area contributed by atoms with Crippen molar-refractivity contribution in [3.63, 3.8) is 0 Å². The largest absolute Gasteiger partial charge is 0.461 e. The van der Waals surface area contributed by atoms with Crippen LogP contribution < -0.4 is 0 Å². The average Bonchev–Trinajstić information content (AvgIpc) is 2.72. The van der Waals surface area contributed by atoms with Gasteiger partial charge in [0.05, 0.1) is 30.0 Å². The zero-order valence-electron chi connectivity index (χ0n) is 11.9. The highest BCUT2D eigenvalue weighted by Crippen LogP contribution is 2.22. The lowest BCUT2D eigenvalue weighted by atomic mass is 10.2. The van der Waals surface area contributed by atoms with E-state index in [4.69, 9.17) is 9.47 Å². The summed E-state index contributed by atoms with van der Waals surface area (Å²) in [5.41, 5.74) is 1.37. The van der Waals surface area contributed by atoms with Crippen molar-refractivity contribution in [2.24, 2.45) is 7.05 Å². The molecule has 7 heteroatoms. The van der Waals surface area contributed by atoms with Gasteiger partial charge in [-0.25, -0.2) is 4.79 Å². The molecule has 1 aromatic heterocycles. The molecular weight excluding hydrogens is 326 g/mol. The maximum absolute atomic E-state index is 11.9. The number of esters is 1. The first kappa shape index (κ1) is 15.5. The standard InChI is InChI=1S/C13H20BrN3O3/c1-3-20-13(18)12-11(14)10(15-16(12)2)4-5-17-6-8-19-9-7-17/h3-9H2,1-2H3. The minimum absolute atomic E-state index is 0.341. The van der Waals surface area contributed by atoms with Gasteiger partial charge in [-0.3, -0.25) is 9.58 Å². The van der Waals surface area contributed by atoms with Crippen molar-refractivity contribution < 1.29 is 14.3 Å². The second-order valence-corrected chi connectivity index (χ2v) is 5.45. The van der Waals surface area contributed by atoms with Crippen LogP contribution in [0.3, 0.4) is 0 Å². The van der Waals surface area contributed by atoms with Gasteiger partial charge in [-0.2, -0.15) is 5.10 Å². The molecule has 6 nitrogen and oxygen atoms in total. The quantitative estimate of drug-likeness (QED) is 0.751. The van der Waals surface area contributed by atoms with Crippen molar-refractivity contribution in [1.29, 1.82) is 0 Å². The third-order valence-electron chi connectivity index (χ3n) is 3.29. The molecule has 112 valence electrons. The summed E-state index contributed by atoms with van der Waals surface area (Å²) in [7, 11) is 1.76. The number of nitrogens with zero attached hydrogens (tertiary/aromatic N) is 3. The number of rotatable bonds is 5. The first-order valence-electron chi connectivity index (χ1n) is 6.82. The Morgan fingerprint density at radius 1 is 1.45 bits per heavy atom. The van der Waals surface area contributed by atoms with Crippen molar-refractivity contribution in [3.8, 4) is 0 Å². The van der Waals surface area contributed by atoms with Gasteiger partial charge < -0.3 is 9.47 Å². The van der Waals surface area contributed by atoms with E-state index in [0.29, 0.717) is 12.3 Å². The van der Waals surface area contributed by atoms with Crippen LogP contribution in [0.25, 0.3) is 0 Å². The van der Waals surface area contributed by atoms with E-state index in [1.54, 1.807) is 18.7 Å². The summed E-state index contributed by atoms with van der Waals surface area (Å²) in [4.78, 5) is 14.2. The fourth-order valence-corrected chi connectivity index (χ4v) is 2.92. The first-order valence-corrected chi connectivity index (χ1v) is 7.61. The molecule has 0 N–H and O–H groups in total. The van der Waals surface area contributed by atoms with Crippen molar-refractivity contribution >= 4 is 21.9 Å². The first-order chi connectivity index (χ1) is 9.63. The Balaban J connectivity index is 2.01. The van der Waals surface area contributed by atoms with E-state index in [-0.39, 0.29) is 5.97 Å². The summed E-state index contributed by atoms with van der Waals surface area (Å²) < 4.78 is 12.7. The van der Waals surface area contributed by atoms with Crippen LogP contribution >= 0.6 is 15.9 Å². The smallest absolute Gasteiger partial charge is 0.357 e. The molecule has 1 fully saturated rings. The molecule has 2 rings (SSSR count). The van der Waals surface area contributed by atoms with Crippen molar-refractivity contribution in [1.82, 2.24) is 14.7 Å². The maximum atomic E-state index is 11.9. The predicted molar refractivity (Wildman–Crippen MR) is 77.8 cm³/mol. The third kappa shape index (κ3) is 3.59. The van der Waals surface area contributed by atoms with Gasteiger partial charge in [-0.15, -0.1) is 0 Å². The maximum Gasteiger partial charge on any atom is 0.357 e. The zero-order valence-corrected chi connectivity index (χ0v) is 13.5. The highest BCUT2D eigenvalue weighted by molar-refractivity contribution is 9.10. The monoisotopic (exact) mass is 345 g/mol. The van der Waals surface area contributed by atoms with E-state index in [2.05, 4.69) is 25.9 Å². The van der Waals surface area contributed by atoms with Crippen LogP contribution in [-0.4, -0.2) is 60.1 Å². The molecule has 1 aliphatic rings. The van der Waals surface area contributed by atoms with Crippen molar-refractivity contribution in [3.05, 3.63) is 15.9 Å². The molecule has 0 saturated carbocycles. The Morgan fingerprint density at radius 3 is 2.80 bits per heavy atom. The van der Waals surface area contributed by atoms with Crippen LogP contribution in [0.4, 0.5) is 0 Å². The number of aromatic nitrogens is 2. The number of carbonyl (C=O) groups is 1. The molecule has 1 aliphatic heterocycles. The van der Waals surface area contributed by atoms with E-state index in [1.165, 1.54) is 0 Å². The molecule has 0 atom stereocenters. The van der Waals surface area contributed by atoms with E-state index in [0.717, 1.165) is 49.4 Å². The van der Waals surface area contributed by atoms with Gasteiger partial charge in [0.1, 0.15) is 0 Å². The Hall–Kier alpha value is -0.920. The Morgan fingerprint density at radius 2 is 2.15 bits per heavy atom. The summed E-state index contributed by atoms with van der Waals surface area (Å²) in [6.07, 6.45) is 0.799. The van der Waals surface area contributed by atoms with E-state index < -0.39 is 0 Å². The minimum Gasteiger partial charge on any atom is -0.461 e. The predicted octanol–water partition coefficient (Wildman–Crippen LogP) is 1.23. The van der Waals surface area contributed by atoms with Crippen molar-refractivity contribution in [2.75, 3.05) is 39.5 Å². The summed E-state index contributed by atoms with van der Waals surface area (Å²) in [5.74, 6) is -0.341. The molecule has 0 spiro atoms. The van der Waals surface area contributed by atoms with Gasteiger partial charge in [0, 0.05) is 33.1 Å². The summed E-state index contributed by atoms with van der Waals surface area (Å²) in [6.45, 7) is 6.56. The second-order valence-electron chi connectivity index (χ2n) is 4.66. The van der Waals surface area contributed by atoms with Crippen LogP contribution in [0.5, 0.6) is 0 Å². The molecule has 0 radical (unpaired) electrons. The van der Waals surface area contributed by atoms with Gasteiger partial charge in [-0.05, 0) is 22.9 Å². The summed E-state index contributed by atoms with van der Waals surface area (Å²) in [6, 6.07) is 0. The lowest BCUT2D eigenvalue weighted by Crippen LogP contribution is -2.37. The fourth-order valence-electron chi connectivity index (χ4n) is 2.22. The van der Waals surface area contributed by atoms with Gasteiger partial charge in [0.15, 0.2) is 5.69 Å². The molecule has 1 aromatic rings. The summed E-state index contributed by atoms with van der Waals surface area (Å²) >= 11 is 3.47.